The van der Waals surface area contributed by atoms with E-state index in [4.69, 9.17) is 0 Å². The summed E-state index contributed by atoms with van der Waals surface area (Å²) in [6, 6.07) is 16.3. The average molecular weight is 412 g/mol. The molecule has 1 aromatic heterocycles. The first kappa shape index (κ1) is 18.4. The Labute approximate surface area is 162 Å². The molecule has 0 unspecified atom stereocenters. The van der Waals surface area contributed by atoms with Gasteiger partial charge >= 0.3 is 0 Å². The second-order valence-electron chi connectivity index (χ2n) is 6.58. The molecular formula is C21H22BrN3O. The van der Waals surface area contributed by atoms with Crippen molar-refractivity contribution in [3.8, 4) is 0 Å². The minimum Gasteiger partial charge on any atom is -0.342 e. The lowest BCUT2D eigenvalue weighted by Crippen LogP contribution is -2.19. The van der Waals surface area contributed by atoms with E-state index >= 15 is 0 Å². The third-order valence-corrected chi connectivity index (χ3v) is 4.91. The van der Waals surface area contributed by atoms with E-state index in [9.17, 15) is 4.79 Å². The maximum absolute atomic E-state index is 12.1. The molecule has 3 aromatic rings. The summed E-state index contributed by atoms with van der Waals surface area (Å²) in [5.41, 5.74) is 6.95. The molecule has 0 saturated carbocycles. The molecule has 0 radical (unpaired) electrons. The molecule has 0 spiro atoms. The van der Waals surface area contributed by atoms with E-state index in [0.29, 0.717) is 12.5 Å². The van der Waals surface area contributed by atoms with E-state index in [1.54, 1.807) is 6.21 Å². The Balaban J connectivity index is 1.77. The number of hydrogen-bond donors (Lipinski definition) is 1. The topological polar surface area (TPSA) is 46.4 Å². The van der Waals surface area contributed by atoms with Crippen LogP contribution in [-0.4, -0.2) is 16.7 Å². The lowest BCUT2D eigenvalue weighted by Gasteiger charge is -2.12. The van der Waals surface area contributed by atoms with Gasteiger partial charge in [0, 0.05) is 32.7 Å². The van der Waals surface area contributed by atoms with E-state index in [1.807, 2.05) is 36.4 Å². The van der Waals surface area contributed by atoms with Crippen LogP contribution < -0.4 is 5.43 Å². The first-order valence-electron chi connectivity index (χ1n) is 8.63. The normalized spacial score (nSPS) is 11.6. The number of hydrazone groups is 1. The number of aromatic nitrogens is 1. The van der Waals surface area contributed by atoms with Gasteiger partial charge in [0.1, 0.15) is 0 Å². The molecular weight excluding hydrogens is 390 g/mol. The van der Waals surface area contributed by atoms with Gasteiger partial charge in [-0.3, -0.25) is 4.79 Å². The van der Waals surface area contributed by atoms with Gasteiger partial charge in [-0.15, -0.1) is 0 Å². The summed E-state index contributed by atoms with van der Waals surface area (Å²) in [6.07, 6.45) is 2.05. The minimum absolute atomic E-state index is 0.131. The predicted octanol–water partition coefficient (Wildman–Crippen LogP) is 4.99. The van der Waals surface area contributed by atoms with E-state index in [0.717, 1.165) is 26.7 Å². The Bertz CT molecular complexity index is 955. The van der Waals surface area contributed by atoms with Crippen molar-refractivity contribution < 1.29 is 4.79 Å². The van der Waals surface area contributed by atoms with E-state index in [2.05, 4.69) is 63.9 Å². The van der Waals surface area contributed by atoms with Gasteiger partial charge < -0.3 is 4.57 Å². The second-order valence-corrected chi connectivity index (χ2v) is 7.49. The lowest BCUT2D eigenvalue weighted by atomic mass is 10.1. The molecule has 4 nitrogen and oxygen atoms in total. The van der Waals surface area contributed by atoms with Crippen molar-refractivity contribution in [2.45, 2.75) is 33.2 Å². The second kappa shape index (κ2) is 7.87. The van der Waals surface area contributed by atoms with Gasteiger partial charge in [0.05, 0.1) is 12.6 Å². The quantitative estimate of drug-likeness (QED) is 0.466. The Hall–Kier alpha value is -2.40. The fourth-order valence-electron chi connectivity index (χ4n) is 3.24. The summed E-state index contributed by atoms with van der Waals surface area (Å²) in [5.74, 6) is -0.131. The van der Waals surface area contributed by atoms with E-state index in [-0.39, 0.29) is 5.91 Å². The van der Waals surface area contributed by atoms with Crippen LogP contribution in [0.4, 0.5) is 0 Å². The molecule has 2 aromatic carbocycles. The number of carbonyl (C=O) groups is 1. The average Bonchev–Trinajstić information content (AvgIpc) is 2.89. The highest BCUT2D eigenvalue weighted by Crippen LogP contribution is 2.27. The van der Waals surface area contributed by atoms with Crippen LogP contribution in [0.2, 0.25) is 0 Å². The van der Waals surface area contributed by atoms with Gasteiger partial charge in [0.2, 0.25) is 5.91 Å². The van der Waals surface area contributed by atoms with Crippen molar-refractivity contribution >= 4 is 39.0 Å². The van der Waals surface area contributed by atoms with Crippen molar-refractivity contribution in [1.82, 2.24) is 9.99 Å². The zero-order chi connectivity index (χ0) is 18.7. The Morgan fingerprint density at radius 1 is 1.19 bits per heavy atom. The van der Waals surface area contributed by atoms with E-state index in [1.165, 1.54) is 5.52 Å². The molecule has 1 heterocycles. The van der Waals surface area contributed by atoms with Crippen LogP contribution >= 0.6 is 15.9 Å². The molecule has 134 valence electrons. The summed E-state index contributed by atoms with van der Waals surface area (Å²) in [7, 11) is 0. The molecule has 0 aliphatic heterocycles. The highest BCUT2D eigenvalue weighted by molar-refractivity contribution is 9.10. The van der Waals surface area contributed by atoms with Gasteiger partial charge in [-0.05, 0) is 44.5 Å². The number of hydrogen-bond acceptors (Lipinski definition) is 2. The highest BCUT2D eigenvalue weighted by Gasteiger charge is 2.14. The van der Waals surface area contributed by atoms with Crippen LogP contribution in [0.3, 0.4) is 0 Å². The Kier molecular flexibility index (Phi) is 5.57. The highest BCUT2D eigenvalue weighted by atomic mass is 79.9. The van der Waals surface area contributed by atoms with Crippen LogP contribution in [0.1, 0.15) is 36.7 Å². The van der Waals surface area contributed by atoms with Gasteiger partial charge in [-0.25, -0.2) is 5.43 Å². The molecule has 1 amide bonds. The van der Waals surface area contributed by atoms with Crippen molar-refractivity contribution in [3.63, 3.8) is 0 Å². The maximum Gasteiger partial charge on any atom is 0.244 e. The number of fused-ring (bicyclic) bond motifs is 1. The number of nitrogens with zero attached hydrogens (tertiary/aromatic N) is 2. The SMILES string of the molecule is Cc1c(/C=N/NC(=O)Cc2ccc(Br)cc2)c2ccccc2n1C(C)C. The van der Waals surface area contributed by atoms with Crippen molar-refractivity contribution in [1.29, 1.82) is 0 Å². The van der Waals surface area contributed by atoms with E-state index < -0.39 is 0 Å². The zero-order valence-corrected chi connectivity index (χ0v) is 16.7. The van der Waals surface area contributed by atoms with Crippen LogP contribution in [0.15, 0.2) is 58.1 Å². The third kappa shape index (κ3) is 3.88. The maximum atomic E-state index is 12.1. The van der Waals surface area contributed by atoms with Crippen LogP contribution in [0.25, 0.3) is 10.9 Å². The predicted molar refractivity (Wildman–Crippen MR) is 111 cm³/mol. The van der Waals surface area contributed by atoms with Crippen molar-refractivity contribution in [2.24, 2.45) is 5.10 Å². The molecule has 0 bridgehead atoms. The molecule has 0 atom stereocenters. The van der Waals surface area contributed by atoms with Gasteiger partial charge in [0.15, 0.2) is 0 Å². The van der Waals surface area contributed by atoms with Crippen LogP contribution in [0, 0.1) is 6.92 Å². The first-order chi connectivity index (χ1) is 12.5. The standard InChI is InChI=1S/C21H22BrN3O/c1-14(2)25-15(3)19(18-6-4-5-7-20(18)25)13-23-24-21(26)12-16-8-10-17(22)11-9-16/h4-11,13-14H,12H2,1-3H3,(H,24,26)/b23-13+. The Morgan fingerprint density at radius 2 is 1.88 bits per heavy atom. The Morgan fingerprint density at radius 3 is 2.58 bits per heavy atom. The fourth-order valence-corrected chi connectivity index (χ4v) is 3.51. The number of para-hydroxylation sites is 1. The number of halogens is 1. The number of carbonyl (C=O) groups excluding carboxylic acids is 1. The van der Waals surface area contributed by atoms with Crippen LogP contribution in [0.5, 0.6) is 0 Å². The molecule has 0 aliphatic carbocycles. The number of amides is 1. The molecule has 1 N–H and O–H groups in total. The number of rotatable bonds is 5. The number of benzene rings is 2. The molecule has 0 saturated heterocycles. The summed E-state index contributed by atoms with van der Waals surface area (Å²) in [5, 5.41) is 5.33. The van der Waals surface area contributed by atoms with Gasteiger partial charge in [-0.1, -0.05) is 46.3 Å². The number of nitrogens with one attached hydrogen (secondary N) is 1. The zero-order valence-electron chi connectivity index (χ0n) is 15.2. The summed E-state index contributed by atoms with van der Waals surface area (Å²) >= 11 is 3.39. The molecule has 0 aliphatic rings. The summed E-state index contributed by atoms with van der Waals surface area (Å²) in [4.78, 5) is 12.1. The summed E-state index contributed by atoms with van der Waals surface area (Å²) < 4.78 is 3.29. The monoisotopic (exact) mass is 411 g/mol. The smallest absolute Gasteiger partial charge is 0.244 e. The minimum atomic E-state index is -0.131. The van der Waals surface area contributed by atoms with Gasteiger partial charge in [0.25, 0.3) is 0 Å². The molecule has 0 fully saturated rings. The van der Waals surface area contributed by atoms with Crippen LogP contribution in [-0.2, 0) is 11.2 Å². The van der Waals surface area contributed by atoms with Crippen molar-refractivity contribution in [2.75, 3.05) is 0 Å². The summed E-state index contributed by atoms with van der Waals surface area (Å²) in [6.45, 7) is 6.42. The molecule has 3 rings (SSSR count). The fraction of sp³-hybridized carbons (Fsp3) is 0.238. The largest absolute Gasteiger partial charge is 0.342 e. The molecule has 5 heteroatoms. The molecule has 26 heavy (non-hydrogen) atoms. The van der Waals surface area contributed by atoms with Gasteiger partial charge in [-0.2, -0.15) is 5.10 Å². The first-order valence-corrected chi connectivity index (χ1v) is 9.42. The third-order valence-electron chi connectivity index (χ3n) is 4.38. The van der Waals surface area contributed by atoms with Crippen molar-refractivity contribution in [3.05, 3.63) is 69.8 Å². The lowest BCUT2D eigenvalue weighted by molar-refractivity contribution is -0.120.